The smallest absolute Gasteiger partial charge is 0.261 e. The van der Waals surface area contributed by atoms with E-state index in [0.29, 0.717) is 16.7 Å². The predicted octanol–water partition coefficient (Wildman–Crippen LogP) is 3.72. The molecule has 3 nitrogen and oxygen atoms in total. The van der Waals surface area contributed by atoms with E-state index < -0.39 is 11.6 Å². The fraction of sp³-hybridized carbons (Fsp3) is 0.0714. The molecule has 3 rings (SSSR count). The second kappa shape index (κ2) is 5.22. The average molecular weight is 292 g/mol. The van der Waals surface area contributed by atoms with Crippen LogP contribution >= 0.6 is 11.8 Å². The van der Waals surface area contributed by atoms with Crippen LogP contribution in [0.5, 0.6) is 0 Å². The highest BCUT2D eigenvalue weighted by Gasteiger charge is 2.16. The van der Waals surface area contributed by atoms with E-state index in [1.807, 2.05) is 6.07 Å². The van der Waals surface area contributed by atoms with Gasteiger partial charge in [-0.25, -0.2) is 13.8 Å². The van der Waals surface area contributed by atoms with Crippen LogP contribution in [0.25, 0.3) is 11.1 Å². The van der Waals surface area contributed by atoms with Crippen LogP contribution in [0, 0.1) is 11.6 Å². The molecule has 0 aliphatic carbocycles. The molecule has 0 amide bonds. The molecule has 2 aromatic carbocycles. The normalized spacial score (nSPS) is 11.2. The van der Waals surface area contributed by atoms with Crippen LogP contribution in [0.2, 0.25) is 0 Å². The van der Waals surface area contributed by atoms with Crippen molar-refractivity contribution in [2.45, 2.75) is 16.7 Å². The van der Waals surface area contributed by atoms with Crippen molar-refractivity contribution in [1.29, 1.82) is 0 Å². The number of nitrogens with zero attached hydrogens (tertiary/aromatic N) is 1. The molecule has 0 aliphatic heterocycles. The van der Waals surface area contributed by atoms with Gasteiger partial charge in [-0.15, -0.1) is 0 Å². The molecule has 6 heteroatoms. The predicted molar refractivity (Wildman–Crippen MR) is 72.4 cm³/mol. The standard InChI is InChI=1S/C14H10F2N2OS/c15-9-5-8(7-17)6-10(16)13(9)20-14-18-11-3-1-2-4-12(11)19-14/h1-6H,7,17H2. The molecule has 0 aliphatic rings. The number of halogens is 2. The molecular formula is C14H10F2N2OS. The van der Waals surface area contributed by atoms with Crippen LogP contribution in [0.1, 0.15) is 5.56 Å². The van der Waals surface area contributed by atoms with Gasteiger partial charge in [0.15, 0.2) is 5.58 Å². The van der Waals surface area contributed by atoms with Crippen LogP contribution < -0.4 is 5.73 Å². The number of rotatable bonds is 3. The summed E-state index contributed by atoms with van der Waals surface area (Å²) in [6, 6.07) is 9.57. The minimum Gasteiger partial charge on any atom is -0.431 e. The highest BCUT2D eigenvalue weighted by molar-refractivity contribution is 7.99. The highest BCUT2D eigenvalue weighted by atomic mass is 32.2. The molecule has 0 fully saturated rings. The molecule has 3 aromatic rings. The Labute approximate surface area is 117 Å². The molecule has 0 spiro atoms. The number of fused-ring (bicyclic) bond motifs is 1. The van der Waals surface area contributed by atoms with Gasteiger partial charge in [-0.2, -0.15) is 0 Å². The molecule has 0 unspecified atom stereocenters. The third-order valence-corrected chi connectivity index (χ3v) is 3.70. The van der Waals surface area contributed by atoms with Crippen molar-refractivity contribution in [2.24, 2.45) is 5.73 Å². The average Bonchev–Trinajstić information content (AvgIpc) is 2.85. The molecule has 20 heavy (non-hydrogen) atoms. The molecule has 0 atom stereocenters. The number of oxazole rings is 1. The van der Waals surface area contributed by atoms with E-state index in [4.69, 9.17) is 10.2 Å². The van der Waals surface area contributed by atoms with Gasteiger partial charge in [0.25, 0.3) is 5.22 Å². The topological polar surface area (TPSA) is 52.0 Å². The molecule has 0 radical (unpaired) electrons. The van der Waals surface area contributed by atoms with Crippen molar-refractivity contribution in [2.75, 3.05) is 0 Å². The maximum absolute atomic E-state index is 13.9. The van der Waals surface area contributed by atoms with Crippen LogP contribution in [0.4, 0.5) is 8.78 Å². The lowest BCUT2D eigenvalue weighted by molar-refractivity contribution is 0.485. The second-order valence-electron chi connectivity index (χ2n) is 4.14. The highest BCUT2D eigenvalue weighted by Crippen LogP contribution is 2.33. The van der Waals surface area contributed by atoms with Crippen LogP contribution in [-0.2, 0) is 6.54 Å². The van der Waals surface area contributed by atoms with Crippen LogP contribution in [0.15, 0.2) is 50.9 Å². The zero-order valence-electron chi connectivity index (χ0n) is 10.3. The first-order valence-electron chi connectivity index (χ1n) is 5.89. The lowest BCUT2D eigenvalue weighted by atomic mass is 10.2. The van der Waals surface area contributed by atoms with Gasteiger partial charge >= 0.3 is 0 Å². The Morgan fingerprint density at radius 1 is 1.15 bits per heavy atom. The molecule has 2 N–H and O–H groups in total. The first-order valence-corrected chi connectivity index (χ1v) is 6.70. The molecule has 102 valence electrons. The molecule has 0 bridgehead atoms. The van der Waals surface area contributed by atoms with Crippen LogP contribution in [0.3, 0.4) is 0 Å². The Bertz CT molecular complexity index is 717. The maximum Gasteiger partial charge on any atom is 0.261 e. The number of hydrogen-bond donors (Lipinski definition) is 1. The summed E-state index contributed by atoms with van der Waals surface area (Å²) in [5, 5.41) is 0.199. The fourth-order valence-electron chi connectivity index (χ4n) is 1.81. The minimum absolute atomic E-state index is 0.0850. The van der Waals surface area contributed by atoms with Gasteiger partial charge in [-0.1, -0.05) is 12.1 Å². The minimum atomic E-state index is -0.669. The monoisotopic (exact) mass is 292 g/mol. The lowest BCUT2D eigenvalue weighted by Crippen LogP contribution is -1.99. The van der Waals surface area contributed by atoms with Crippen LogP contribution in [-0.4, -0.2) is 4.98 Å². The van der Waals surface area contributed by atoms with Gasteiger partial charge in [0.2, 0.25) is 0 Å². The van der Waals surface area contributed by atoms with Crippen molar-refractivity contribution < 1.29 is 13.2 Å². The second-order valence-corrected chi connectivity index (χ2v) is 5.10. The SMILES string of the molecule is NCc1cc(F)c(Sc2nc3ccccc3o2)c(F)c1. The van der Waals surface area contributed by atoms with Gasteiger partial charge in [0.1, 0.15) is 17.2 Å². The summed E-state index contributed by atoms with van der Waals surface area (Å²) in [6.45, 7) is 0.0850. The number of hydrogen-bond acceptors (Lipinski definition) is 4. The van der Waals surface area contributed by atoms with Gasteiger partial charge in [0, 0.05) is 6.54 Å². The third kappa shape index (κ3) is 2.39. The van der Waals surface area contributed by atoms with Gasteiger partial charge in [0.05, 0.1) is 4.90 Å². The summed E-state index contributed by atoms with van der Waals surface area (Å²) in [4.78, 5) is 4.03. The van der Waals surface area contributed by atoms with Crippen molar-refractivity contribution in [3.8, 4) is 0 Å². The molecule has 0 saturated heterocycles. The van der Waals surface area contributed by atoms with E-state index in [1.165, 1.54) is 12.1 Å². The molecule has 0 saturated carbocycles. The Morgan fingerprint density at radius 2 is 1.85 bits per heavy atom. The van der Waals surface area contributed by atoms with Crippen molar-refractivity contribution in [3.05, 3.63) is 53.6 Å². The summed E-state index contributed by atoms with van der Waals surface area (Å²) in [7, 11) is 0. The van der Waals surface area contributed by atoms with E-state index in [2.05, 4.69) is 4.98 Å². The zero-order chi connectivity index (χ0) is 14.1. The van der Waals surface area contributed by atoms with Gasteiger partial charge in [-0.3, -0.25) is 0 Å². The van der Waals surface area contributed by atoms with E-state index >= 15 is 0 Å². The molecule has 1 aromatic heterocycles. The number of nitrogens with two attached hydrogens (primary N) is 1. The Balaban J connectivity index is 1.98. The Hall–Kier alpha value is -1.92. The van der Waals surface area contributed by atoms with E-state index in [0.717, 1.165) is 11.8 Å². The first kappa shape index (κ1) is 13.1. The molecular weight excluding hydrogens is 282 g/mol. The Morgan fingerprint density at radius 3 is 2.50 bits per heavy atom. The van der Waals surface area contributed by atoms with Gasteiger partial charge < -0.3 is 10.2 Å². The summed E-state index contributed by atoms with van der Waals surface area (Å²) in [6.07, 6.45) is 0. The van der Waals surface area contributed by atoms with E-state index in [9.17, 15) is 8.78 Å². The van der Waals surface area contributed by atoms with Crippen molar-refractivity contribution >= 4 is 22.9 Å². The summed E-state index contributed by atoms with van der Waals surface area (Å²) in [5.41, 5.74) is 7.00. The quantitative estimate of drug-likeness (QED) is 0.799. The number of aromatic nitrogens is 1. The Kier molecular flexibility index (Phi) is 3.42. The van der Waals surface area contributed by atoms with E-state index in [1.54, 1.807) is 18.2 Å². The van der Waals surface area contributed by atoms with E-state index in [-0.39, 0.29) is 16.7 Å². The van der Waals surface area contributed by atoms with Gasteiger partial charge in [-0.05, 0) is 41.6 Å². The fourth-order valence-corrected chi connectivity index (χ4v) is 2.57. The maximum atomic E-state index is 13.9. The lowest BCUT2D eigenvalue weighted by Gasteiger charge is -2.04. The number of benzene rings is 2. The largest absolute Gasteiger partial charge is 0.431 e. The summed E-state index contributed by atoms with van der Waals surface area (Å²) < 4.78 is 33.1. The zero-order valence-corrected chi connectivity index (χ0v) is 11.1. The number of para-hydroxylation sites is 2. The third-order valence-electron chi connectivity index (χ3n) is 2.76. The summed E-state index contributed by atoms with van der Waals surface area (Å²) >= 11 is 0.817. The van der Waals surface area contributed by atoms with Crippen molar-refractivity contribution in [1.82, 2.24) is 4.98 Å². The summed E-state index contributed by atoms with van der Waals surface area (Å²) in [5.74, 6) is -1.34. The molecule has 1 heterocycles. The van der Waals surface area contributed by atoms with Crippen molar-refractivity contribution in [3.63, 3.8) is 0 Å². The first-order chi connectivity index (χ1) is 9.67.